The molecular weight excluding hydrogens is 395 g/mol. The smallest absolute Gasteiger partial charge is 0.165 e. The molecular formula is C18H26BrFO3S. The third kappa shape index (κ3) is 6.71. The molecule has 0 aliphatic heterocycles. The maximum Gasteiger partial charge on any atom is 0.165 e. The molecule has 0 unspecified atom stereocenters. The Bertz CT molecular complexity index is 629. The zero-order valence-corrected chi connectivity index (χ0v) is 16.5. The summed E-state index contributed by atoms with van der Waals surface area (Å²) in [5, 5.41) is 0.905. The van der Waals surface area contributed by atoms with Crippen LogP contribution in [0.15, 0.2) is 18.2 Å². The number of alkyl halides is 1. The number of hydrogen-bond donors (Lipinski definition) is 0. The highest BCUT2D eigenvalue weighted by Crippen LogP contribution is 2.31. The van der Waals surface area contributed by atoms with Crippen molar-refractivity contribution in [3.63, 3.8) is 0 Å². The summed E-state index contributed by atoms with van der Waals surface area (Å²) in [5.74, 6) is 0.539. The van der Waals surface area contributed by atoms with Crippen LogP contribution in [0, 0.1) is 11.7 Å². The largest absolute Gasteiger partial charge is 0.490 e. The molecule has 1 aromatic rings. The number of sulfone groups is 1. The molecule has 1 aromatic carbocycles. The topological polar surface area (TPSA) is 43.4 Å². The van der Waals surface area contributed by atoms with Gasteiger partial charge in [0.15, 0.2) is 21.4 Å². The van der Waals surface area contributed by atoms with E-state index >= 15 is 0 Å². The first-order chi connectivity index (χ1) is 11.4. The van der Waals surface area contributed by atoms with E-state index < -0.39 is 9.84 Å². The van der Waals surface area contributed by atoms with Gasteiger partial charge < -0.3 is 4.74 Å². The summed E-state index contributed by atoms with van der Waals surface area (Å²) < 4.78 is 43.8. The van der Waals surface area contributed by atoms with Gasteiger partial charge in [-0.2, -0.15) is 0 Å². The van der Waals surface area contributed by atoms with Crippen LogP contribution in [0.25, 0.3) is 0 Å². The second-order valence-corrected chi connectivity index (χ2v) is 9.73. The molecule has 1 fully saturated rings. The van der Waals surface area contributed by atoms with E-state index in [9.17, 15) is 12.8 Å². The fourth-order valence-electron chi connectivity index (χ4n) is 2.58. The second kappa shape index (κ2) is 9.18. The van der Waals surface area contributed by atoms with Crippen molar-refractivity contribution in [3.05, 3.63) is 29.6 Å². The van der Waals surface area contributed by atoms with Crippen LogP contribution in [0.2, 0.25) is 0 Å². The van der Waals surface area contributed by atoms with Gasteiger partial charge in [-0.3, -0.25) is 0 Å². The first kappa shape index (κ1) is 19.7. The van der Waals surface area contributed by atoms with Crippen molar-refractivity contribution in [2.24, 2.45) is 5.92 Å². The van der Waals surface area contributed by atoms with Crippen molar-refractivity contribution in [3.8, 4) is 5.75 Å². The number of ether oxygens (including phenoxy) is 1. The number of benzene rings is 1. The van der Waals surface area contributed by atoms with Crippen LogP contribution in [0.3, 0.4) is 0 Å². The molecule has 0 aromatic heterocycles. The van der Waals surface area contributed by atoms with Gasteiger partial charge in [-0.1, -0.05) is 35.3 Å². The van der Waals surface area contributed by atoms with E-state index in [0.717, 1.165) is 36.6 Å². The van der Waals surface area contributed by atoms with Crippen molar-refractivity contribution in [1.29, 1.82) is 0 Å². The summed E-state index contributed by atoms with van der Waals surface area (Å²) >= 11 is 3.35. The van der Waals surface area contributed by atoms with E-state index in [1.165, 1.54) is 6.07 Å². The third-order valence-corrected chi connectivity index (χ3v) is 6.77. The maximum absolute atomic E-state index is 13.8. The van der Waals surface area contributed by atoms with Gasteiger partial charge in [-0.05, 0) is 55.2 Å². The Morgan fingerprint density at radius 3 is 2.71 bits per heavy atom. The predicted octanol–water partition coefficient (Wildman–Crippen LogP) is 4.70. The Balaban J connectivity index is 1.92. The maximum atomic E-state index is 13.8. The Hall–Kier alpha value is -0.620. The molecule has 3 nitrogen and oxygen atoms in total. The highest BCUT2D eigenvalue weighted by Gasteiger charge is 2.23. The molecule has 1 aliphatic rings. The highest BCUT2D eigenvalue weighted by molar-refractivity contribution is 9.09. The SMILES string of the molecule is C[C@H](CS(=O)(=O)CCCCCBr)c1ccc(F)c(OCC2CC2)c1. The molecule has 6 heteroatoms. The van der Waals surface area contributed by atoms with Gasteiger partial charge in [0.1, 0.15) is 0 Å². The van der Waals surface area contributed by atoms with Crippen molar-refractivity contribution >= 4 is 25.8 Å². The van der Waals surface area contributed by atoms with Gasteiger partial charge in [0.25, 0.3) is 0 Å². The summed E-state index contributed by atoms with van der Waals surface area (Å²) in [7, 11) is -3.10. The minimum atomic E-state index is -3.10. The highest BCUT2D eigenvalue weighted by atomic mass is 79.9. The molecule has 1 saturated carbocycles. The molecule has 136 valence electrons. The minimum absolute atomic E-state index is 0.0923. The lowest BCUT2D eigenvalue weighted by Crippen LogP contribution is -2.16. The van der Waals surface area contributed by atoms with Gasteiger partial charge in [-0.15, -0.1) is 0 Å². The van der Waals surface area contributed by atoms with Gasteiger partial charge in [-0.25, -0.2) is 12.8 Å². The minimum Gasteiger partial charge on any atom is -0.490 e. The monoisotopic (exact) mass is 420 g/mol. The average molecular weight is 421 g/mol. The van der Waals surface area contributed by atoms with E-state index in [1.807, 2.05) is 6.92 Å². The lowest BCUT2D eigenvalue weighted by Gasteiger charge is -2.15. The fourth-order valence-corrected chi connectivity index (χ4v) is 4.74. The van der Waals surface area contributed by atoms with Gasteiger partial charge in [0.2, 0.25) is 0 Å². The number of unbranched alkanes of at least 4 members (excludes halogenated alkanes) is 2. The van der Waals surface area contributed by atoms with E-state index in [0.29, 0.717) is 18.9 Å². The van der Waals surface area contributed by atoms with Gasteiger partial charge >= 0.3 is 0 Å². The number of hydrogen-bond acceptors (Lipinski definition) is 3. The van der Waals surface area contributed by atoms with Gasteiger partial charge in [0, 0.05) is 5.33 Å². The summed E-state index contributed by atoms with van der Waals surface area (Å²) in [6.45, 7) is 2.41. The molecule has 2 rings (SSSR count). The van der Waals surface area contributed by atoms with Crippen LogP contribution in [0.4, 0.5) is 4.39 Å². The number of rotatable bonds is 11. The van der Waals surface area contributed by atoms with E-state index in [-0.39, 0.29) is 29.0 Å². The van der Waals surface area contributed by atoms with Crippen molar-refractivity contribution in [2.75, 3.05) is 23.4 Å². The molecule has 0 saturated heterocycles. The Morgan fingerprint density at radius 1 is 1.29 bits per heavy atom. The van der Waals surface area contributed by atoms with Crippen LogP contribution < -0.4 is 4.74 Å². The third-order valence-electron chi connectivity index (χ3n) is 4.29. The summed E-state index contributed by atoms with van der Waals surface area (Å²) in [4.78, 5) is 0. The summed E-state index contributed by atoms with van der Waals surface area (Å²) in [6.07, 6.45) is 4.88. The lowest BCUT2D eigenvalue weighted by molar-refractivity contribution is 0.285. The quantitative estimate of drug-likeness (QED) is 0.384. The second-order valence-electron chi connectivity index (χ2n) is 6.71. The molecule has 0 amide bonds. The molecule has 0 spiro atoms. The zero-order chi connectivity index (χ0) is 17.6. The summed E-state index contributed by atoms with van der Waals surface area (Å²) in [5.41, 5.74) is 0.811. The average Bonchev–Trinajstić information content (AvgIpc) is 3.34. The predicted molar refractivity (Wildman–Crippen MR) is 99.3 cm³/mol. The molecule has 0 radical (unpaired) electrons. The fraction of sp³-hybridized carbons (Fsp3) is 0.667. The zero-order valence-electron chi connectivity index (χ0n) is 14.1. The van der Waals surface area contributed by atoms with Gasteiger partial charge in [0.05, 0.1) is 18.1 Å². The van der Waals surface area contributed by atoms with Crippen molar-refractivity contribution < 1.29 is 17.5 Å². The number of halogens is 2. The molecule has 0 N–H and O–H groups in total. The van der Waals surface area contributed by atoms with E-state index in [4.69, 9.17) is 4.74 Å². The van der Waals surface area contributed by atoms with Crippen molar-refractivity contribution in [1.82, 2.24) is 0 Å². The lowest BCUT2D eigenvalue weighted by atomic mass is 10.0. The Morgan fingerprint density at radius 2 is 2.04 bits per heavy atom. The molecule has 24 heavy (non-hydrogen) atoms. The molecule has 0 heterocycles. The molecule has 1 aliphatic carbocycles. The molecule has 1 atom stereocenters. The van der Waals surface area contributed by atoms with Crippen molar-refractivity contribution in [2.45, 2.75) is 44.9 Å². The van der Waals surface area contributed by atoms with E-state index in [1.54, 1.807) is 12.1 Å². The Labute approximate surface area is 153 Å². The first-order valence-corrected chi connectivity index (χ1v) is 11.5. The van der Waals surface area contributed by atoms with Crippen LogP contribution in [-0.2, 0) is 9.84 Å². The van der Waals surface area contributed by atoms with Crippen LogP contribution >= 0.6 is 15.9 Å². The first-order valence-electron chi connectivity index (χ1n) is 8.60. The van der Waals surface area contributed by atoms with E-state index in [2.05, 4.69) is 15.9 Å². The van der Waals surface area contributed by atoms with Crippen LogP contribution in [0.1, 0.15) is 50.5 Å². The molecule has 0 bridgehead atoms. The standard InChI is InChI=1S/C18H26BrFO3S/c1-14(13-24(21,22)10-4-2-3-9-19)16-7-8-17(20)18(11-16)23-12-15-5-6-15/h7-8,11,14-15H,2-6,9-10,12-13H2,1H3/t14-/m1/s1. The van der Waals surface area contributed by atoms with Crippen LogP contribution in [-0.4, -0.2) is 31.9 Å². The Kier molecular flexibility index (Phi) is 7.54. The normalized spacial score (nSPS) is 16.1. The summed E-state index contributed by atoms with van der Waals surface area (Å²) in [6, 6.07) is 4.68. The van der Waals surface area contributed by atoms with Crippen LogP contribution in [0.5, 0.6) is 5.75 Å².